The number of carbonyl (C=O) groups is 2. The number of aromatic nitrogens is 3. The lowest BCUT2D eigenvalue weighted by Gasteiger charge is -2.17. The predicted octanol–water partition coefficient (Wildman–Crippen LogP) is 1.04. The highest BCUT2D eigenvalue weighted by molar-refractivity contribution is 6.39. The number of aliphatic hydroxyl groups is 1. The first-order chi connectivity index (χ1) is 13.6. The number of anilines is 1. The molecule has 0 saturated heterocycles. The quantitative estimate of drug-likeness (QED) is 0.589. The van der Waals surface area contributed by atoms with Gasteiger partial charge in [0.25, 0.3) is 0 Å². The van der Waals surface area contributed by atoms with E-state index < -0.39 is 24.0 Å². The zero-order chi connectivity index (χ0) is 19.5. The van der Waals surface area contributed by atoms with Crippen LogP contribution in [-0.4, -0.2) is 37.8 Å². The number of nitrogens with zero attached hydrogens (tertiary/aromatic N) is 3. The van der Waals surface area contributed by atoms with Crippen molar-refractivity contribution in [2.24, 2.45) is 0 Å². The summed E-state index contributed by atoms with van der Waals surface area (Å²) >= 11 is 0. The van der Waals surface area contributed by atoms with E-state index in [0.29, 0.717) is 13.0 Å². The van der Waals surface area contributed by atoms with Crippen molar-refractivity contribution >= 4 is 17.6 Å². The van der Waals surface area contributed by atoms with Gasteiger partial charge in [-0.15, -0.1) is 0 Å². The molecule has 2 aromatic heterocycles. The monoisotopic (exact) mass is 377 g/mol. The summed E-state index contributed by atoms with van der Waals surface area (Å²) in [5.74, 6) is -1.36. The zero-order valence-electron chi connectivity index (χ0n) is 14.9. The summed E-state index contributed by atoms with van der Waals surface area (Å²) in [5.41, 5.74) is 2.82. The van der Waals surface area contributed by atoms with Crippen LogP contribution in [0.4, 0.5) is 5.82 Å². The van der Waals surface area contributed by atoms with E-state index in [9.17, 15) is 14.7 Å². The highest BCUT2D eigenvalue weighted by Crippen LogP contribution is 2.31. The van der Waals surface area contributed by atoms with Crippen molar-refractivity contribution in [2.75, 3.05) is 5.32 Å². The van der Waals surface area contributed by atoms with Gasteiger partial charge in [0.05, 0.1) is 18.7 Å². The lowest BCUT2D eigenvalue weighted by molar-refractivity contribution is -0.137. The maximum absolute atomic E-state index is 12.3. The Kier molecular flexibility index (Phi) is 4.86. The summed E-state index contributed by atoms with van der Waals surface area (Å²) in [6.07, 6.45) is 4.80. The highest BCUT2D eigenvalue weighted by Gasteiger charge is 2.33. The average Bonchev–Trinajstić information content (AvgIpc) is 3.26. The SMILES string of the molecule is O=C(Nc1ccn(Cc2ccncc2)n1)C(=O)N[C@H]1c2ccccc2C[C@H]1O. The standard InChI is InChI=1S/C20H19N5O3/c26-16-11-14-3-1-2-4-15(14)18(16)23-20(28)19(27)22-17-7-10-25(24-17)12-13-5-8-21-9-6-13/h1-10,16,18,26H,11-12H2,(H,23,28)(H,22,24,27)/t16-,18+/m1/s1. The van der Waals surface area contributed by atoms with Gasteiger partial charge in [0.1, 0.15) is 0 Å². The summed E-state index contributed by atoms with van der Waals surface area (Å²) < 4.78 is 1.65. The summed E-state index contributed by atoms with van der Waals surface area (Å²) in [6, 6.07) is 12.2. The summed E-state index contributed by atoms with van der Waals surface area (Å²) in [4.78, 5) is 28.5. The van der Waals surface area contributed by atoms with Gasteiger partial charge in [0.15, 0.2) is 5.82 Å². The molecule has 1 aliphatic rings. The maximum atomic E-state index is 12.3. The van der Waals surface area contributed by atoms with E-state index in [4.69, 9.17) is 0 Å². The molecule has 4 rings (SSSR count). The Morgan fingerprint density at radius 3 is 2.71 bits per heavy atom. The zero-order valence-corrected chi connectivity index (χ0v) is 14.9. The molecule has 3 aromatic rings. The van der Waals surface area contributed by atoms with Crippen LogP contribution in [0.15, 0.2) is 61.1 Å². The lowest BCUT2D eigenvalue weighted by atomic mass is 10.1. The van der Waals surface area contributed by atoms with E-state index in [1.165, 1.54) is 0 Å². The molecule has 0 fully saturated rings. The van der Waals surface area contributed by atoms with Crippen molar-refractivity contribution in [2.45, 2.75) is 25.1 Å². The third-order valence-corrected chi connectivity index (χ3v) is 4.67. The van der Waals surface area contributed by atoms with Crippen LogP contribution < -0.4 is 10.6 Å². The van der Waals surface area contributed by atoms with Crippen LogP contribution in [0, 0.1) is 0 Å². The van der Waals surface area contributed by atoms with Crippen LogP contribution in [0.5, 0.6) is 0 Å². The van der Waals surface area contributed by atoms with E-state index in [1.807, 2.05) is 36.4 Å². The number of pyridine rings is 1. The van der Waals surface area contributed by atoms with E-state index in [-0.39, 0.29) is 5.82 Å². The van der Waals surface area contributed by atoms with Gasteiger partial charge in [-0.3, -0.25) is 19.3 Å². The van der Waals surface area contributed by atoms with Crippen LogP contribution in [-0.2, 0) is 22.6 Å². The summed E-state index contributed by atoms with van der Waals surface area (Å²) in [7, 11) is 0. The second-order valence-electron chi connectivity index (χ2n) is 6.63. The third-order valence-electron chi connectivity index (χ3n) is 4.67. The molecule has 0 spiro atoms. The fraction of sp³-hybridized carbons (Fsp3) is 0.200. The predicted molar refractivity (Wildman–Crippen MR) is 101 cm³/mol. The molecule has 0 bridgehead atoms. The first-order valence-corrected chi connectivity index (χ1v) is 8.90. The van der Waals surface area contributed by atoms with Crippen LogP contribution in [0.25, 0.3) is 0 Å². The first kappa shape index (κ1) is 17.9. The summed E-state index contributed by atoms with van der Waals surface area (Å²) in [6.45, 7) is 0.523. The van der Waals surface area contributed by atoms with Gasteiger partial charge in [0.2, 0.25) is 0 Å². The molecule has 0 aliphatic heterocycles. The molecule has 0 saturated carbocycles. The molecule has 2 heterocycles. The molecular weight excluding hydrogens is 358 g/mol. The lowest BCUT2D eigenvalue weighted by Crippen LogP contribution is -2.40. The number of aliphatic hydroxyl groups excluding tert-OH is 1. The van der Waals surface area contributed by atoms with Gasteiger partial charge in [0, 0.05) is 31.1 Å². The van der Waals surface area contributed by atoms with Gasteiger partial charge < -0.3 is 15.7 Å². The number of nitrogens with one attached hydrogen (secondary N) is 2. The van der Waals surface area contributed by atoms with Crippen molar-refractivity contribution in [3.05, 3.63) is 77.7 Å². The van der Waals surface area contributed by atoms with Crippen molar-refractivity contribution in [3.63, 3.8) is 0 Å². The van der Waals surface area contributed by atoms with Crippen molar-refractivity contribution < 1.29 is 14.7 Å². The van der Waals surface area contributed by atoms with Gasteiger partial charge in [-0.1, -0.05) is 24.3 Å². The van der Waals surface area contributed by atoms with Crippen LogP contribution in [0.2, 0.25) is 0 Å². The molecule has 28 heavy (non-hydrogen) atoms. The molecule has 2 amide bonds. The minimum absolute atomic E-state index is 0.279. The molecule has 8 nitrogen and oxygen atoms in total. The van der Waals surface area contributed by atoms with Gasteiger partial charge in [-0.2, -0.15) is 5.10 Å². The highest BCUT2D eigenvalue weighted by atomic mass is 16.3. The summed E-state index contributed by atoms with van der Waals surface area (Å²) in [5, 5.41) is 19.5. The molecule has 1 aliphatic carbocycles. The van der Waals surface area contributed by atoms with Gasteiger partial charge in [-0.25, -0.2) is 0 Å². The maximum Gasteiger partial charge on any atom is 0.314 e. The molecule has 8 heteroatoms. The van der Waals surface area contributed by atoms with Crippen molar-refractivity contribution in [1.82, 2.24) is 20.1 Å². The molecule has 142 valence electrons. The molecule has 3 N–H and O–H groups in total. The number of hydrogen-bond acceptors (Lipinski definition) is 5. The number of fused-ring (bicyclic) bond motifs is 1. The minimum atomic E-state index is -0.828. The van der Waals surface area contributed by atoms with Crippen LogP contribution >= 0.6 is 0 Å². The number of amides is 2. The molecule has 0 unspecified atom stereocenters. The van der Waals surface area contributed by atoms with Gasteiger partial charge >= 0.3 is 11.8 Å². The topological polar surface area (TPSA) is 109 Å². The number of rotatable bonds is 4. The second-order valence-corrected chi connectivity index (χ2v) is 6.63. The largest absolute Gasteiger partial charge is 0.390 e. The van der Waals surface area contributed by atoms with E-state index in [0.717, 1.165) is 16.7 Å². The minimum Gasteiger partial charge on any atom is -0.390 e. The Hall–Kier alpha value is -3.52. The Morgan fingerprint density at radius 2 is 1.89 bits per heavy atom. The third kappa shape index (κ3) is 3.77. The van der Waals surface area contributed by atoms with Gasteiger partial charge in [-0.05, 0) is 28.8 Å². The smallest absolute Gasteiger partial charge is 0.314 e. The van der Waals surface area contributed by atoms with E-state index in [2.05, 4.69) is 20.7 Å². The number of benzene rings is 1. The molecular formula is C20H19N5O3. The molecule has 1 aromatic carbocycles. The Bertz CT molecular complexity index is 1000. The number of hydrogen-bond donors (Lipinski definition) is 3. The van der Waals surface area contributed by atoms with Crippen LogP contribution in [0.1, 0.15) is 22.7 Å². The van der Waals surface area contributed by atoms with Crippen molar-refractivity contribution in [3.8, 4) is 0 Å². The Morgan fingerprint density at radius 1 is 1.11 bits per heavy atom. The first-order valence-electron chi connectivity index (χ1n) is 8.90. The normalized spacial score (nSPS) is 17.8. The average molecular weight is 377 g/mol. The van der Waals surface area contributed by atoms with Crippen LogP contribution in [0.3, 0.4) is 0 Å². The molecule has 0 radical (unpaired) electrons. The fourth-order valence-electron chi connectivity index (χ4n) is 3.32. The Labute approximate surface area is 161 Å². The Balaban J connectivity index is 1.37. The van der Waals surface area contributed by atoms with E-state index in [1.54, 1.807) is 29.3 Å². The second kappa shape index (κ2) is 7.61. The fourth-order valence-corrected chi connectivity index (χ4v) is 3.32. The molecule has 2 atom stereocenters. The number of carbonyl (C=O) groups excluding carboxylic acids is 2. The van der Waals surface area contributed by atoms with Crippen molar-refractivity contribution in [1.29, 1.82) is 0 Å². The van der Waals surface area contributed by atoms with E-state index >= 15 is 0 Å².